The molecule has 0 unspecified atom stereocenters. The predicted octanol–water partition coefficient (Wildman–Crippen LogP) is 3.89. The molecule has 0 radical (unpaired) electrons. The molecule has 2 heterocycles. The summed E-state index contributed by atoms with van der Waals surface area (Å²) in [5, 5.41) is 13.4. The lowest BCUT2D eigenvalue weighted by atomic mass is 10.00. The van der Waals surface area contributed by atoms with E-state index < -0.39 is 6.10 Å². The van der Waals surface area contributed by atoms with Gasteiger partial charge in [-0.05, 0) is 53.3 Å². The average molecular weight is 420 g/mol. The molecule has 1 amide bonds. The molecule has 2 aliphatic heterocycles. The molecule has 0 bridgehead atoms. The number of β-amino-alcohol motifs (C(OH)–C–C–N with tert-alkyl or cyclic N) is 1. The van der Waals surface area contributed by atoms with E-state index in [9.17, 15) is 9.90 Å². The summed E-state index contributed by atoms with van der Waals surface area (Å²) in [5.74, 6) is 0.640. The number of anilines is 2. The molecule has 164 valence electrons. The normalized spacial score (nSPS) is 18.3. The third-order valence-corrected chi connectivity index (χ3v) is 6.28. The molecule has 2 aromatic carbocycles. The number of hydrogen-bond donors (Lipinski definition) is 2. The first kappa shape index (κ1) is 21.6. The summed E-state index contributed by atoms with van der Waals surface area (Å²) in [6.07, 6.45) is 4.67. The standard InChI is InChI=1S/C26H33N3O2/c1-19(2)21-5-8-23(9-6-21)29-15-13-28(14-16-29)18-24(30)10-3-20-4-11-25-22(17-20)7-12-26(31)27-25/h3-6,8-11,17,19,24,30H,7,12-16,18H2,1-2H3,(H,27,31)/b10-3+/t24-/m1/s1. The number of nitrogens with one attached hydrogen (secondary N) is 1. The fourth-order valence-electron chi connectivity index (χ4n) is 4.31. The van der Waals surface area contributed by atoms with Crippen LogP contribution >= 0.6 is 0 Å². The number of piperazine rings is 1. The molecule has 2 aromatic rings. The van der Waals surface area contributed by atoms with Gasteiger partial charge in [-0.15, -0.1) is 0 Å². The Hall–Kier alpha value is -2.63. The number of rotatable bonds is 6. The summed E-state index contributed by atoms with van der Waals surface area (Å²) in [7, 11) is 0. The van der Waals surface area contributed by atoms with Crippen molar-refractivity contribution in [3.8, 4) is 0 Å². The van der Waals surface area contributed by atoms with Crippen LogP contribution in [0.2, 0.25) is 0 Å². The minimum atomic E-state index is -0.493. The number of carbonyl (C=O) groups is 1. The molecule has 1 fully saturated rings. The van der Waals surface area contributed by atoms with E-state index in [0.717, 1.165) is 49.4 Å². The second kappa shape index (κ2) is 9.67. The van der Waals surface area contributed by atoms with Crippen molar-refractivity contribution in [2.24, 2.45) is 0 Å². The quantitative estimate of drug-likeness (QED) is 0.746. The highest BCUT2D eigenvalue weighted by Crippen LogP contribution is 2.24. The van der Waals surface area contributed by atoms with E-state index in [1.54, 1.807) is 0 Å². The molecule has 0 aliphatic carbocycles. The van der Waals surface area contributed by atoms with Crippen molar-refractivity contribution in [1.82, 2.24) is 4.90 Å². The number of aliphatic hydroxyl groups excluding tert-OH is 1. The van der Waals surface area contributed by atoms with E-state index in [2.05, 4.69) is 59.3 Å². The molecule has 5 nitrogen and oxygen atoms in total. The number of aliphatic hydroxyl groups is 1. The molecule has 0 spiro atoms. The molecule has 1 saturated heterocycles. The third kappa shape index (κ3) is 5.54. The predicted molar refractivity (Wildman–Crippen MR) is 128 cm³/mol. The monoisotopic (exact) mass is 419 g/mol. The van der Waals surface area contributed by atoms with Crippen LogP contribution in [0.15, 0.2) is 48.5 Å². The van der Waals surface area contributed by atoms with Gasteiger partial charge in [-0.1, -0.05) is 44.2 Å². The Balaban J connectivity index is 1.26. The number of aryl methyl sites for hydroxylation is 1. The van der Waals surface area contributed by atoms with Gasteiger partial charge >= 0.3 is 0 Å². The van der Waals surface area contributed by atoms with Crippen LogP contribution in [0.25, 0.3) is 6.08 Å². The molecule has 1 atom stereocenters. The van der Waals surface area contributed by atoms with Crippen LogP contribution in [0.4, 0.5) is 11.4 Å². The van der Waals surface area contributed by atoms with Crippen molar-refractivity contribution in [2.45, 2.75) is 38.7 Å². The SMILES string of the molecule is CC(C)c1ccc(N2CCN(C[C@H](O)/C=C/c3ccc4c(c3)CCC(=O)N4)CC2)cc1. The van der Waals surface area contributed by atoms with Gasteiger partial charge in [-0.3, -0.25) is 9.69 Å². The van der Waals surface area contributed by atoms with Crippen LogP contribution in [-0.2, 0) is 11.2 Å². The Labute approximate surface area is 185 Å². The van der Waals surface area contributed by atoms with Gasteiger partial charge in [0.15, 0.2) is 0 Å². The molecular weight excluding hydrogens is 386 g/mol. The van der Waals surface area contributed by atoms with E-state index in [1.165, 1.54) is 11.3 Å². The van der Waals surface area contributed by atoms with Crippen molar-refractivity contribution < 1.29 is 9.90 Å². The highest BCUT2D eigenvalue weighted by atomic mass is 16.3. The van der Waals surface area contributed by atoms with Crippen LogP contribution < -0.4 is 10.2 Å². The highest BCUT2D eigenvalue weighted by Gasteiger charge is 2.19. The minimum Gasteiger partial charge on any atom is -0.388 e. The maximum Gasteiger partial charge on any atom is 0.224 e. The Morgan fingerprint density at radius 1 is 1.03 bits per heavy atom. The molecule has 0 aromatic heterocycles. The van der Waals surface area contributed by atoms with Gasteiger partial charge in [0.25, 0.3) is 0 Å². The van der Waals surface area contributed by atoms with Crippen LogP contribution in [0.3, 0.4) is 0 Å². The summed E-state index contributed by atoms with van der Waals surface area (Å²) < 4.78 is 0. The van der Waals surface area contributed by atoms with Gasteiger partial charge in [-0.25, -0.2) is 0 Å². The molecule has 2 N–H and O–H groups in total. The first-order valence-electron chi connectivity index (χ1n) is 11.3. The Morgan fingerprint density at radius 3 is 2.48 bits per heavy atom. The van der Waals surface area contributed by atoms with Crippen molar-refractivity contribution in [1.29, 1.82) is 0 Å². The van der Waals surface area contributed by atoms with E-state index in [0.29, 0.717) is 18.9 Å². The lowest BCUT2D eigenvalue weighted by Gasteiger charge is -2.36. The number of amides is 1. The van der Waals surface area contributed by atoms with Crippen LogP contribution in [-0.4, -0.2) is 54.7 Å². The smallest absolute Gasteiger partial charge is 0.224 e. The van der Waals surface area contributed by atoms with Crippen LogP contribution in [0, 0.1) is 0 Å². The van der Waals surface area contributed by atoms with Crippen LogP contribution in [0.5, 0.6) is 0 Å². The zero-order valence-electron chi connectivity index (χ0n) is 18.6. The van der Waals surface area contributed by atoms with Crippen molar-refractivity contribution in [3.05, 3.63) is 65.2 Å². The Morgan fingerprint density at radius 2 is 1.77 bits per heavy atom. The lowest BCUT2D eigenvalue weighted by Crippen LogP contribution is -2.48. The second-order valence-electron chi connectivity index (χ2n) is 8.93. The maximum absolute atomic E-state index is 11.5. The highest BCUT2D eigenvalue weighted by molar-refractivity contribution is 5.94. The zero-order chi connectivity index (χ0) is 21.8. The second-order valence-corrected chi connectivity index (χ2v) is 8.93. The Kier molecular flexibility index (Phi) is 6.73. The summed E-state index contributed by atoms with van der Waals surface area (Å²) in [5.41, 5.74) is 5.79. The fraction of sp³-hybridized carbons (Fsp3) is 0.423. The van der Waals surface area contributed by atoms with E-state index >= 15 is 0 Å². The zero-order valence-corrected chi connectivity index (χ0v) is 18.6. The summed E-state index contributed by atoms with van der Waals surface area (Å²) in [4.78, 5) is 16.2. The van der Waals surface area contributed by atoms with Gasteiger partial charge in [-0.2, -0.15) is 0 Å². The summed E-state index contributed by atoms with van der Waals surface area (Å²) in [6, 6.07) is 15.0. The van der Waals surface area contributed by atoms with E-state index in [4.69, 9.17) is 0 Å². The van der Waals surface area contributed by atoms with Crippen LogP contribution in [0.1, 0.15) is 42.9 Å². The van der Waals surface area contributed by atoms with Crippen molar-refractivity contribution in [3.63, 3.8) is 0 Å². The number of hydrogen-bond acceptors (Lipinski definition) is 4. The topological polar surface area (TPSA) is 55.8 Å². The third-order valence-electron chi connectivity index (χ3n) is 6.28. The molecule has 31 heavy (non-hydrogen) atoms. The van der Waals surface area contributed by atoms with Gasteiger partial charge in [0, 0.05) is 50.5 Å². The summed E-state index contributed by atoms with van der Waals surface area (Å²) >= 11 is 0. The fourth-order valence-corrected chi connectivity index (χ4v) is 4.31. The number of carbonyl (C=O) groups excluding carboxylic acids is 1. The Bertz CT molecular complexity index is 928. The molecular formula is C26H33N3O2. The first-order chi connectivity index (χ1) is 15.0. The first-order valence-corrected chi connectivity index (χ1v) is 11.3. The van der Waals surface area contributed by atoms with Gasteiger partial charge in [0.05, 0.1) is 6.10 Å². The number of benzene rings is 2. The van der Waals surface area contributed by atoms with E-state index in [-0.39, 0.29) is 5.91 Å². The van der Waals surface area contributed by atoms with Gasteiger partial charge < -0.3 is 15.3 Å². The summed E-state index contributed by atoms with van der Waals surface area (Å²) in [6.45, 7) is 8.96. The van der Waals surface area contributed by atoms with Crippen molar-refractivity contribution >= 4 is 23.4 Å². The number of nitrogens with zero attached hydrogens (tertiary/aromatic N) is 2. The van der Waals surface area contributed by atoms with Gasteiger partial charge in [0.2, 0.25) is 5.91 Å². The average Bonchev–Trinajstić information content (AvgIpc) is 2.78. The van der Waals surface area contributed by atoms with E-state index in [1.807, 2.05) is 24.3 Å². The lowest BCUT2D eigenvalue weighted by molar-refractivity contribution is -0.116. The minimum absolute atomic E-state index is 0.0823. The van der Waals surface area contributed by atoms with Gasteiger partial charge in [0.1, 0.15) is 0 Å². The largest absolute Gasteiger partial charge is 0.388 e. The molecule has 0 saturated carbocycles. The number of fused-ring (bicyclic) bond motifs is 1. The molecule has 2 aliphatic rings. The molecule has 4 rings (SSSR count). The maximum atomic E-state index is 11.5. The van der Waals surface area contributed by atoms with Crippen molar-refractivity contribution in [2.75, 3.05) is 42.9 Å². The molecule has 5 heteroatoms.